The van der Waals surface area contributed by atoms with Crippen molar-refractivity contribution >= 4 is 43.9 Å². The number of fused-ring (bicyclic) bond motifs is 2. The lowest BCUT2D eigenvalue weighted by Gasteiger charge is -2.16. The molecule has 1 atom stereocenters. The quantitative estimate of drug-likeness (QED) is 0.343. The van der Waals surface area contributed by atoms with Crippen LogP contribution in [-0.2, 0) is 4.79 Å². The number of rotatable bonds is 5. The van der Waals surface area contributed by atoms with E-state index in [0.29, 0.717) is 0 Å². The number of nitrogens with one attached hydrogen (secondary N) is 2. The molecule has 5 rings (SSSR count). The average molecular weight is 412 g/mol. The van der Waals surface area contributed by atoms with E-state index in [2.05, 4.69) is 45.8 Å². The number of aromatic nitrogens is 2. The fourth-order valence-corrected chi connectivity index (χ4v) is 5.01. The van der Waals surface area contributed by atoms with Gasteiger partial charge in [-0.1, -0.05) is 55.5 Å². The maximum atomic E-state index is 13.1. The highest BCUT2D eigenvalue weighted by Gasteiger charge is 2.20. The predicted octanol–water partition coefficient (Wildman–Crippen LogP) is 6.58. The molecule has 0 unspecified atom stereocenters. The number of thiophene rings is 1. The van der Waals surface area contributed by atoms with Gasteiger partial charge in [0.1, 0.15) is 0 Å². The summed E-state index contributed by atoms with van der Waals surface area (Å²) in [6, 6.07) is 24.5. The van der Waals surface area contributed by atoms with E-state index in [0.717, 1.165) is 39.0 Å². The smallest absolute Gasteiger partial charge is 0.231 e. The zero-order chi connectivity index (χ0) is 20.5. The van der Waals surface area contributed by atoms with Gasteiger partial charge in [-0.2, -0.15) is 5.10 Å². The van der Waals surface area contributed by atoms with Crippen LogP contribution in [0.3, 0.4) is 0 Å². The van der Waals surface area contributed by atoms with Crippen LogP contribution in [0.2, 0.25) is 0 Å². The molecule has 0 aliphatic rings. The van der Waals surface area contributed by atoms with Crippen molar-refractivity contribution in [2.45, 2.75) is 19.3 Å². The Morgan fingerprint density at radius 3 is 2.63 bits per heavy atom. The minimum absolute atomic E-state index is 0.00818. The molecule has 30 heavy (non-hydrogen) atoms. The zero-order valence-corrected chi connectivity index (χ0v) is 17.4. The monoisotopic (exact) mass is 411 g/mol. The van der Waals surface area contributed by atoms with Crippen molar-refractivity contribution < 1.29 is 4.79 Å². The van der Waals surface area contributed by atoms with Gasteiger partial charge in [0.05, 0.1) is 17.6 Å². The average Bonchev–Trinajstić information content (AvgIpc) is 3.41. The molecule has 0 fully saturated rings. The molecule has 148 valence electrons. The van der Waals surface area contributed by atoms with E-state index in [9.17, 15) is 4.79 Å². The number of carbonyl (C=O) groups is 1. The van der Waals surface area contributed by atoms with Gasteiger partial charge in [-0.15, -0.1) is 11.3 Å². The third-order valence-corrected chi connectivity index (χ3v) is 6.58. The van der Waals surface area contributed by atoms with Gasteiger partial charge >= 0.3 is 0 Å². The maximum Gasteiger partial charge on any atom is 0.231 e. The Bertz CT molecular complexity index is 1300. The first-order valence-corrected chi connectivity index (χ1v) is 10.9. The van der Waals surface area contributed by atoms with Crippen molar-refractivity contribution in [3.05, 3.63) is 84.6 Å². The summed E-state index contributed by atoms with van der Waals surface area (Å²) in [7, 11) is 0. The van der Waals surface area contributed by atoms with Crippen LogP contribution in [0.1, 0.15) is 24.8 Å². The fraction of sp³-hybridized carbons (Fsp3) is 0.120. The number of benzene rings is 3. The van der Waals surface area contributed by atoms with Crippen molar-refractivity contribution in [1.29, 1.82) is 0 Å². The van der Waals surface area contributed by atoms with Gasteiger partial charge in [-0.3, -0.25) is 9.89 Å². The van der Waals surface area contributed by atoms with Crippen LogP contribution in [0.4, 0.5) is 5.69 Å². The second kappa shape index (κ2) is 7.76. The topological polar surface area (TPSA) is 57.8 Å². The summed E-state index contributed by atoms with van der Waals surface area (Å²) < 4.78 is 1.24. The molecule has 5 heteroatoms. The molecule has 0 aliphatic heterocycles. The van der Waals surface area contributed by atoms with Crippen molar-refractivity contribution in [1.82, 2.24) is 10.2 Å². The summed E-state index contributed by atoms with van der Waals surface area (Å²) in [5.41, 5.74) is 3.85. The lowest BCUT2D eigenvalue weighted by atomic mass is 9.95. The molecule has 0 spiro atoms. The second-order valence-electron chi connectivity index (χ2n) is 7.37. The molecule has 1 amide bonds. The standard InChI is InChI=1S/C25H21N3OS/c1-2-20(16-8-4-3-5-9-16)25(29)27-19-12-18-15-26-28-24(18)21(14-19)23-13-17-10-6-7-11-22(17)30-23/h3-15,20H,2H2,1H3,(H,26,28)(H,27,29)/t20-/m0/s1. The molecule has 5 aromatic rings. The van der Waals surface area contributed by atoms with Crippen LogP contribution in [0.15, 0.2) is 79.0 Å². The Morgan fingerprint density at radius 1 is 1.03 bits per heavy atom. The van der Waals surface area contributed by atoms with Gasteiger partial charge in [-0.25, -0.2) is 0 Å². The van der Waals surface area contributed by atoms with Crippen LogP contribution in [0.25, 0.3) is 31.4 Å². The summed E-state index contributed by atoms with van der Waals surface area (Å²) in [4.78, 5) is 14.2. The molecule has 2 aromatic heterocycles. The molecule has 0 saturated heterocycles. The van der Waals surface area contributed by atoms with E-state index in [1.165, 1.54) is 10.1 Å². The predicted molar refractivity (Wildman–Crippen MR) is 125 cm³/mol. The summed E-state index contributed by atoms with van der Waals surface area (Å²) in [5.74, 6) is -0.173. The number of nitrogens with zero attached hydrogens (tertiary/aromatic N) is 1. The number of anilines is 1. The zero-order valence-electron chi connectivity index (χ0n) is 16.6. The normalized spacial score (nSPS) is 12.3. The van der Waals surface area contributed by atoms with E-state index in [1.54, 1.807) is 17.5 Å². The first-order chi connectivity index (χ1) is 14.7. The summed E-state index contributed by atoms with van der Waals surface area (Å²) in [5, 5.41) is 12.7. The first-order valence-electron chi connectivity index (χ1n) is 10.0. The number of hydrogen-bond donors (Lipinski definition) is 2. The Balaban J connectivity index is 1.53. The van der Waals surface area contributed by atoms with Crippen LogP contribution >= 0.6 is 11.3 Å². The van der Waals surface area contributed by atoms with E-state index < -0.39 is 0 Å². The Hall–Kier alpha value is -3.44. The number of carbonyl (C=O) groups excluding carboxylic acids is 1. The minimum Gasteiger partial charge on any atom is -0.326 e. The van der Waals surface area contributed by atoms with Crippen molar-refractivity contribution in [2.24, 2.45) is 0 Å². The Labute approximate surface area is 178 Å². The van der Waals surface area contributed by atoms with Crippen LogP contribution in [0, 0.1) is 0 Å². The maximum absolute atomic E-state index is 13.1. The Morgan fingerprint density at radius 2 is 1.83 bits per heavy atom. The fourth-order valence-electron chi connectivity index (χ4n) is 3.93. The van der Waals surface area contributed by atoms with Gasteiger partial charge in [0, 0.05) is 26.2 Å². The molecule has 2 N–H and O–H groups in total. The molecule has 0 radical (unpaired) electrons. The molecule has 2 heterocycles. The largest absolute Gasteiger partial charge is 0.326 e. The van der Waals surface area contributed by atoms with Crippen LogP contribution in [-0.4, -0.2) is 16.1 Å². The van der Waals surface area contributed by atoms with Crippen LogP contribution in [0.5, 0.6) is 0 Å². The molecule has 4 nitrogen and oxygen atoms in total. The van der Waals surface area contributed by atoms with E-state index in [-0.39, 0.29) is 11.8 Å². The third-order valence-electron chi connectivity index (χ3n) is 5.43. The van der Waals surface area contributed by atoms with Gasteiger partial charge in [-0.05, 0) is 41.6 Å². The molecular weight excluding hydrogens is 390 g/mol. The summed E-state index contributed by atoms with van der Waals surface area (Å²) in [6.07, 6.45) is 2.54. The molecule has 0 bridgehead atoms. The number of H-pyrrole nitrogens is 1. The van der Waals surface area contributed by atoms with Gasteiger partial charge < -0.3 is 5.32 Å². The number of hydrogen-bond acceptors (Lipinski definition) is 3. The van der Waals surface area contributed by atoms with E-state index >= 15 is 0 Å². The van der Waals surface area contributed by atoms with Crippen molar-refractivity contribution in [2.75, 3.05) is 5.32 Å². The van der Waals surface area contributed by atoms with Crippen molar-refractivity contribution in [3.8, 4) is 10.4 Å². The van der Waals surface area contributed by atoms with E-state index in [4.69, 9.17) is 0 Å². The molecule has 0 saturated carbocycles. The lowest BCUT2D eigenvalue weighted by molar-refractivity contribution is -0.117. The Kier molecular flexibility index (Phi) is 4.81. The highest BCUT2D eigenvalue weighted by Crippen LogP contribution is 2.38. The van der Waals surface area contributed by atoms with E-state index in [1.807, 2.05) is 49.4 Å². The second-order valence-corrected chi connectivity index (χ2v) is 8.45. The first kappa shape index (κ1) is 18.6. The van der Waals surface area contributed by atoms with Gasteiger partial charge in [0.25, 0.3) is 0 Å². The number of amides is 1. The third kappa shape index (κ3) is 3.37. The lowest BCUT2D eigenvalue weighted by Crippen LogP contribution is -2.20. The highest BCUT2D eigenvalue weighted by atomic mass is 32.1. The van der Waals surface area contributed by atoms with Gasteiger partial charge in [0.2, 0.25) is 5.91 Å². The molecular formula is C25H21N3OS. The van der Waals surface area contributed by atoms with Crippen molar-refractivity contribution in [3.63, 3.8) is 0 Å². The molecule has 0 aliphatic carbocycles. The number of aromatic amines is 1. The summed E-state index contributed by atoms with van der Waals surface area (Å²) in [6.45, 7) is 2.04. The van der Waals surface area contributed by atoms with Crippen LogP contribution < -0.4 is 5.32 Å². The molecule has 3 aromatic carbocycles. The highest BCUT2D eigenvalue weighted by molar-refractivity contribution is 7.22. The SMILES string of the molecule is CC[C@H](C(=O)Nc1cc(-c2cc3ccccc3s2)c2[nH]ncc2c1)c1ccccc1. The summed E-state index contributed by atoms with van der Waals surface area (Å²) >= 11 is 1.74. The van der Waals surface area contributed by atoms with Gasteiger partial charge in [0.15, 0.2) is 0 Å². The minimum atomic E-state index is -0.181.